The maximum absolute atomic E-state index is 11.2. The molecule has 20 heavy (non-hydrogen) atoms. The highest BCUT2D eigenvalue weighted by atomic mass is 31.1. The van der Waals surface area contributed by atoms with E-state index in [1.165, 1.54) is 12.2 Å². The fourth-order valence-electron chi connectivity index (χ4n) is 0.945. The van der Waals surface area contributed by atoms with E-state index >= 15 is 0 Å². The highest BCUT2D eigenvalue weighted by molar-refractivity contribution is 7.33. The zero-order valence-electron chi connectivity index (χ0n) is 11.5. The quantitative estimate of drug-likeness (QED) is 0.262. The lowest BCUT2D eigenvalue weighted by Crippen LogP contribution is -2.08. The van der Waals surface area contributed by atoms with Crippen molar-refractivity contribution >= 4 is 20.2 Å². The SMILES string of the molecule is CC=CC(=O)OCCO[PH](=O)OCCOC(=O)C=CC. The third-order valence-electron chi connectivity index (χ3n) is 1.70. The molecule has 0 aromatic carbocycles. The van der Waals surface area contributed by atoms with Gasteiger partial charge in [0, 0.05) is 12.2 Å². The summed E-state index contributed by atoms with van der Waals surface area (Å²) in [6, 6.07) is 0. The molecule has 0 spiro atoms. The highest BCUT2D eigenvalue weighted by Crippen LogP contribution is 2.22. The van der Waals surface area contributed by atoms with Crippen molar-refractivity contribution in [2.24, 2.45) is 0 Å². The molecule has 0 saturated carbocycles. The molecule has 7 nitrogen and oxygen atoms in total. The minimum absolute atomic E-state index is 0.0147. The molecular weight excluding hydrogens is 287 g/mol. The molecule has 0 amide bonds. The smallest absolute Gasteiger partial charge is 0.330 e. The topological polar surface area (TPSA) is 88.1 Å². The van der Waals surface area contributed by atoms with Gasteiger partial charge in [-0.25, -0.2) is 9.59 Å². The van der Waals surface area contributed by atoms with E-state index in [1.807, 2.05) is 0 Å². The summed E-state index contributed by atoms with van der Waals surface area (Å²) in [5.74, 6) is -0.986. The van der Waals surface area contributed by atoms with Gasteiger partial charge in [0.2, 0.25) is 0 Å². The second kappa shape index (κ2) is 12.6. The number of esters is 2. The van der Waals surface area contributed by atoms with Gasteiger partial charge in [-0.05, 0) is 13.8 Å². The van der Waals surface area contributed by atoms with Crippen molar-refractivity contribution in [1.29, 1.82) is 0 Å². The van der Waals surface area contributed by atoms with Crippen molar-refractivity contribution in [3.05, 3.63) is 24.3 Å². The first-order chi connectivity index (χ1) is 9.60. The van der Waals surface area contributed by atoms with Crippen molar-refractivity contribution in [1.82, 2.24) is 0 Å². The van der Waals surface area contributed by atoms with Gasteiger partial charge in [-0.2, -0.15) is 0 Å². The Balaban J connectivity index is 3.50. The molecule has 0 saturated heterocycles. The monoisotopic (exact) mass is 306 g/mol. The third kappa shape index (κ3) is 11.6. The molecule has 8 heteroatoms. The van der Waals surface area contributed by atoms with Crippen molar-refractivity contribution in [2.45, 2.75) is 13.8 Å². The Morgan fingerprint density at radius 3 is 1.60 bits per heavy atom. The van der Waals surface area contributed by atoms with Crippen LogP contribution >= 0.6 is 8.25 Å². The Morgan fingerprint density at radius 2 is 1.25 bits per heavy atom. The molecule has 0 aromatic heterocycles. The van der Waals surface area contributed by atoms with E-state index in [9.17, 15) is 14.2 Å². The predicted molar refractivity (Wildman–Crippen MR) is 72.5 cm³/mol. The number of ether oxygens (including phenoxy) is 2. The molecule has 0 aliphatic carbocycles. The van der Waals surface area contributed by atoms with Crippen LogP contribution in [0.25, 0.3) is 0 Å². The second-order valence-corrected chi connectivity index (χ2v) is 4.36. The fraction of sp³-hybridized carbons (Fsp3) is 0.500. The molecule has 0 aliphatic heterocycles. The molecule has 0 aromatic rings. The maximum Gasteiger partial charge on any atom is 0.330 e. The molecule has 0 atom stereocenters. The summed E-state index contributed by atoms with van der Waals surface area (Å²) < 4.78 is 30.2. The summed E-state index contributed by atoms with van der Waals surface area (Å²) in [5, 5.41) is 0. The third-order valence-corrected chi connectivity index (χ3v) is 2.58. The molecule has 0 aliphatic rings. The van der Waals surface area contributed by atoms with Crippen LogP contribution in [0.1, 0.15) is 13.8 Å². The van der Waals surface area contributed by atoms with Gasteiger partial charge in [0.1, 0.15) is 13.2 Å². The number of carbonyl (C=O) groups is 2. The van der Waals surface area contributed by atoms with Crippen LogP contribution in [0, 0.1) is 0 Å². The average Bonchev–Trinajstić information content (AvgIpc) is 2.40. The molecule has 0 N–H and O–H groups in total. The molecule has 0 heterocycles. The Labute approximate surface area is 118 Å². The minimum Gasteiger partial charge on any atom is -0.460 e. The van der Waals surface area contributed by atoms with Gasteiger partial charge < -0.3 is 18.5 Å². The number of allylic oxidation sites excluding steroid dienone is 2. The molecule has 114 valence electrons. The lowest BCUT2D eigenvalue weighted by atomic mass is 10.5. The van der Waals surface area contributed by atoms with E-state index in [0.717, 1.165) is 0 Å². The van der Waals surface area contributed by atoms with E-state index in [-0.39, 0.29) is 26.4 Å². The summed E-state index contributed by atoms with van der Waals surface area (Å²) in [6.45, 7) is 3.29. The van der Waals surface area contributed by atoms with Crippen LogP contribution < -0.4 is 0 Å². The molecule has 0 bridgehead atoms. The van der Waals surface area contributed by atoms with Gasteiger partial charge >= 0.3 is 20.2 Å². The highest BCUT2D eigenvalue weighted by Gasteiger charge is 2.02. The number of carbonyl (C=O) groups excluding carboxylic acids is 2. The number of rotatable bonds is 10. The number of hydrogen-bond donors (Lipinski definition) is 0. The van der Waals surface area contributed by atoms with Gasteiger partial charge in [-0.15, -0.1) is 0 Å². The minimum atomic E-state index is -2.68. The molecule has 0 rings (SSSR count). The van der Waals surface area contributed by atoms with Crippen LogP contribution in [0.2, 0.25) is 0 Å². The van der Waals surface area contributed by atoms with Crippen molar-refractivity contribution in [3.8, 4) is 0 Å². The van der Waals surface area contributed by atoms with Crippen LogP contribution in [-0.2, 0) is 32.7 Å². The van der Waals surface area contributed by atoms with Crippen molar-refractivity contribution in [2.75, 3.05) is 26.4 Å². The molecule has 0 radical (unpaired) electrons. The van der Waals surface area contributed by atoms with E-state index in [4.69, 9.17) is 18.5 Å². The summed E-state index contributed by atoms with van der Waals surface area (Å²) in [6.07, 6.45) is 5.62. The Bertz CT molecular complexity index is 342. The van der Waals surface area contributed by atoms with Gasteiger partial charge in [0.05, 0.1) is 13.2 Å². The first kappa shape index (κ1) is 18.6. The normalized spacial score (nSPS) is 12.7. The van der Waals surface area contributed by atoms with Gasteiger partial charge in [-0.1, -0.05) is 12.2 Å². The average molecular weight is 306 g/mol. The Kier molecular flexibility index (Phi) is 11.7. The standard InChI is InChI=1S/C12H19O7P/c1-3-5-11(13)16-7-9-18-20(15)19-10-8-17-12(14)6-4-2/h3-6,20H,7-10H2,1-2H3. The predicted octanol–water partition coefficient (Wildman–Crippen LogP) is 1.65. The van der Waals surface area contributed by atoms with Crippen LogP contribution in [0.3, 0.4) is 0 Å². The lowest BCUT2D eigenvalue weighted by Gasteiger charge is -2.06. The van der Waals surface area contributed by atoms with Crippen molar-refractivity contribution < 1.29 is 32.7 Å². The first-order valence-corrected chi connectivity index (χ1v) is 7.21. The zero-order valence-corrected chi connectivity index (χ0v) is 12.5. The Morgan fingerprint density at radius 1 is 0.850 bits per heavy atom. The van der Waals surface area contributed by atoms with Gasteiger partial charge in [0.25, 0.3) is 0 Å². The van der Waals surface area contributed by atoms with E-state index in [2.05, 4.69) is 0 Å². The van der Waals surface area contributed by atoms with Gasteiger partial charge in [0.15, 0.2) is 0 Å². The van der Waals surface area contributed by atoms with Crippen LogP contribution in [-0.4, -0.2) is 38.4 Å². The summed E-state index contributed by atoms with van der Waals surface area (Å²) in [4.78, 5) is 21.8. The zero-order chi connectivity index (χ0) is 15.2. The van der Waals surface area contributed by atoms with Crippen LogP contribution in [0.5, 0.6) is 0 Å². The summed E-state index contributed by atoms with van der Waals surface area (Å²) in [7, 11) is -2.68. The van der Waals surface area contributed by atoms with Crippen molar-refractivity contribution in [3.63, 3.8) is 0 Å². The maximum atomic E-state index is 11.2. The van der Waals surface area contributed by atoms with E-state index < -0.39 is 20.2 Å². The number of hydrogen-bond acceptors (Lipinski definition) is 7. The van der Waals surface area contributed by atoms with Gasteiger partial charge in [-0.3, -0.25) is 4.57 Å². The molecule has 0 fully saturated rings. The van der Waals surface area contributed by atoms with E-state index in [1.54, 1.807) is 26.0 Å². The van der Waals surface area contributed by atoms with Crippen LogP contribution in [0.15, 0.2) is 24.3 Å². The second-order valence-electron chi connectivity index (χ2n) is 3.28. The lowest BCUT2D eigenvalue weighted by molar-refractivity contribution is -0.139. The molecule has 0 unspecified atom stereocenters. The summed E-state index contributed by atoms with van der Waals surface area (Å²) in [5.41, 5.74) is 0. The molecular formula is C12H19O7P. The largest absolute Gasteiger partial charge is 0.460 e. The fourth-order valence-corrected chi connectivity index (χ4v) is 1.53. The first-order valence-electron chi connectivity index (χ1n) is 5.98. The van der Waals surface area contributed by atoms with Crippen LogP contribution in [0.4, 0.5) is 0 Å². The Hall–Kier alpha value is -1.43. The summed E-state index contributed by atoms with van der Waals surface area (Å²) >= 11 is 0. The van der Waals surface area contributed by atoms with E-state index in [0.29, 0.717) is 0 Å².